The first-order valence-electron chi connectivity index (χ1n) is 1.82. The lowest BCUT2D eigenvalue weighted by molar-refractivity contribution is 0.279. The Balaban J connectivity index is 3.53. The molecule has 1 unspecified atom stereocenters. The minimum absolute atomic E-state index is 0.999. The van der Waals surface area contributed by atoms with E-state index < -0.39 is 22.2 Å². The quantitative estimate of drug-likeness (QED) is 0.501. The summed E-state index contributed by atoms with van der Waals surface area (Å²) in [6, 6.07) is 0. The van der Waals surface area contributed by atoms with Crippen LogP contribution in [0.5, 0.6) is 0 Å². The summed E-state index contributed by atoms with van der Waals surface area (Å²) < 4.78 is 23.3. The molecular weight excluding hydrogens is 170 g/mol. The minimum atomic E-state index is -4.28. The third kappa shape index (κ3) is 8.30. The molecule has 0 aliphatic carbocycles. The summed E-state index contributed by atoms with van der Waals surface area (Å²) in [5, 5.41) is 0. The van der Waals surface area contributed by atoms with E-state index in [0.29, 0.717) is 0 Å². The number of hydrogen-bond donors (Lipinski definition) is 3. The van der Waals surface area contributed by atoms with Crippen molar-refractivity contribution in [3.05, 3.63) is 0 Å². The molecule has 0 rings (SSSR count). The average Bonchev–Trinajstić information content (AvgIpc) is 1.59. The molecule has 0 radical (unpaired) electrons. The van der Waals surface area contributed by atoms with E-state index >= 15 is 0 Å². The van der Waals surface area contributed by atoms with Gasteiger partial charge in [0.2, 0.25) is 0 Å². The first-order valence-corrected chi connectivity index (χ1v) is 4.88. The zero-order valence-corrected chi connectivity index (χ0v) is 6.12. The summed E-state index contributed by atoms with van der Waals surface area (Å²) in [5.41, 5.74) is 0. The van der Waals surface area contributed by atoms with Gasteiger partial charge in [-0.05, 0) is 0 Å². The lowest BCUT2D eigenvalue weighted by Gasteiger charge is -2.00. The third-order valence-electron chi connectivity index (χ3n) is 0.356. The van der Waals surface area contributed by atoms with Crippen LogP contribution in [0.15, 0.2) is 0 Å². The van der Waals surface area contributed by atoms with Crippen LogP contribution in [-0.2, 0) is 13.7 Å². The maximum atomic E-state index is 9.87. The molecule has 0 saturated heterocycles. The van der Waals surface area contributed by atoms with Gasteiger partial charge in [0.25, 0.3) is 0 Å². The van der Waals surface area contributed by atoms with Gasteiger partial charge in [-0.1, -0.05) is 0 Å². The van der Waals surface area contributed by atoms with Crippen LogP contribution in [0.3, 0.4) is 0 Å². The van der Waals surface area contributed by atoms with Gasteiger partial charge in [0.05, 0.1) is 0 Å². The first kappa shape index (κ1) is 9.30. The Morgan fingerprint density at radius 3 is 2.11 bits per heavy atom. The molecule has 1 atom stereocenters. The Kier molecular flexibility index (Phi) is 3.58. The molecule has 0 aromatic heterocycles. The highest BCUT2D eigenvalue weighted by Crippen LogP contribution is 2.37. The highest BCUT2D eigenvalue weighted by molar-refractivity contribution is 7.52. The first-order chi connectivity index (χ1) is 3.92. The topological polar surface area (TPSA) is 104 Å². The molecule has 8 heteroatoms. The van der Waals surface area contributed by atoms with Crippen molar-refractivity contribution in [1.29, 1.82) is 0 Å². The number of rotatable bonds is 3. The van der Waals surface area contributed by atoms with E-state index in [-0.39, 0.29) is 0 Å². The van der Waals surface area contributed by atoms with Gasteiger partial charge in [-0.2, -0.15) is 0 Å². The predicted molar refractivity (Wildman–Crippen MR) is 29.2 cm³/mol. The van der Waals surface area contributed by atoms with E-state index in [1.165, 1.54) is 0 Å². The summed E-state index contributed by atoms with van der Waals surface area (Å²) in [6.45, 7) is 0. The molecule has 0 saturated carbocycles. The van der Waals surface area contributed by atoms with Crippen LogP contribution < -0.4 is 0 Å². The fraction of sp³-hybridized carbons (Fsp3) is 1.00. The predicted octanol–water partition coefficient (Wildman–Crippen LogP) is -0.480. The van der Waals surface area contributed by atoms with Crippen molar-refractivity contribution in [2.24, 2.45) is 0 Å². The second kappa shape index (κ2) is 3.46. The van der Waals surface area contributed by atoms with Gasteiger partial charge in [-0.3, -0.25) is 13.7 Å². The lowest BCUT2D eigenvalue weighted by Crippen LogP contribution is -1.86. The van der Waals surface area contributed by atoms with Crippen LogP contribution in [0.4, 0.5) is 0 Å². The Bertz CT molecular complexity index is 145. The van der Waals surface area contributed by atoms with Crippen LogP contribution in [0, 0.1) is 0 Å². The zero-order chi connectivity index (χ0) is 7.49. The Morgan fingerprint density at radius 2 is 2.00 bits per heavy atom. The normalized spacial score (nSPS) is 15.4. The maximum absolute atomic E-state index is 9.87. The monoisotopic (exact) mass is 176 g/mol. The molecule has 0 spiro atoms. The second-order valence-corrected chi connectivity index (χ2v) is 3.61. The molecular formula is CH6O6P2. The van der Waals surface area contributed by atoms with E-state index in [9.17, 15) is 9.13 Å². The summed E-state index contributed by atoms with van der Waals surface area (Å²) in [7, 11) is -7.49. The molecule has 0 heterocycles. The van der Waals surface area contributed by atoms with Gasteiger partial charge in [0.15, 0.2) is 6.35 Å². The summed E-state index contributed by atoms with van der Waals surface area (Å²) in [4.78, 5) is 23.9. The van der Waals surface area contributed by atoms with Crippen molar-refractivity contribution in [3.8, 4) is 0 Å². The fourth-order valence-electron chi connectivity index (χ4n) is 0.139. The summed E-state index contributed by atoms with van der Waals surface area (Å²) in [6.07, 6.45) is -0.999. The van der Waals surface area contributed by atoms with Crippen molar-refractivity contribution in [3.63, 3.8) is 0 Å². The molecule has 6 nitrogen and oxygen atoms in total. The van der Waals surface area contributed by atoms with Crippen LogP contribution in [0.25, 0.3) is 0 Å². The van der Waals surface area contributed by atoms with Gasteiger partial charge in [-0.25, -0.2) is 0 Å². The summed E-state index contributed by atoms with van der Waals surface area (Å²) >= 11 is 0. The van der Waals surface area contributed by atoms with Crippen molar-refractivity contribution < 1.29 is 28.3 Å². The second-order valence-electron chi connectivity index (χ2n) is 1.20. The molecule has 0 amide bonds. The van der Waals surface area contributed by atoms with Gasteiger partial charge >= 0.3 is 15.9 Å². The van der Waals surface area contributed by atoms with Crippen LogP contribution >= 0.6 is 15.9 Å². The lowest BCUT2D eigenvalue weighted by atomic mass is 11.7. The zero-order valence-electron chi connectivity index (χ0n) is 4.22. The SMILES string of the molecule is O=[PH](O)OCP(=O)(O)O. The van der Waals surface area contributed by atoms with Crippen LogP contribution in [0.2, 0.25) is 0 Å². The van der Waals surface area contributed by atoms with E-state index in [4.69, 9.17) is 14.7 Å². The minimum Gasteiger partial charge on any atom is -0.326 e. The van der Waals surface area contributed by atoms with E-state index in [0.717, 1.165) is 0 Å². The van der Waals surface area contributed by atoms with Gasteiger partial charge in [-0.15, -0.1) is 0 Å². The fourth-order valence-corrected chi connectivity index (χ4v) is 1.25. The van der Waals surface area contributed by atoms with Crippen LogP contribution in [-0.4, -0.2) is 21.0 Å². The van der Waals surface area contributed by atoms with E-state index in [1.807, 2.05) is 0 Å². The molecule has 0 aromatic rings. The Hall–Kier alpha value is 0.300. The summed E-state index contributed by atoms with van der Waals surface area (Å²) in [5.74, 6) is 0. The molecule has 0 aromatic carbocycles. The smallest absolute Gasteiger partial charge is 0.326 e. The maximum Gasteiger partial charge on any atom is 0.351 e. The molecule has 3 N–H and O–H groups in total. The van der Waals surface area contributed by atoms with Gasteiger partial charge in [0, 0.05) is 0 Å². The molecule has 0 aliphatic heterocycles. The average molecular weight is 176 g/mol. The third-order valence-corrected chi connectivity index (χ3v) is 1.46. The van der Waals surface area contributed by atoms with Crippen molar-refractivity contribution in [2.45, 2.75) is 0 Å². The largest absolute Gasteiger partial charge is 0.351 e. The van der Waals surface area contributed by atoms with Gasteiger partial charge in [0.1, 0.15) is 0 Å². The van der Waals surface area contributed by atoms with Gasteiger partial charge < -0.3 is 14.7 Å². The van der Waals surface area contributed by atoms with Crippen LogP contribution in [0.1, 0.15) is 0 Å². The van der Waals surface area contributed by atoms with Crippen molar-refractivity contribution in [1.82, 2.24) is 0 Å². The molecule has 0 bridgehead atoms. The van der Waals surface area contributed by atoms with E-state index in [2.05, 4.69) is 4.52 Å². The Morgan fingerprint density at radius 1 is 1.56 bits per heavy atom. The number of hydrogen-bond acceptors (Lipinski definition) is 3. The highest BCUT2D eigenvalue weighted by Gasteiger charge is 2.13. The van der Waals surface area contributed by atoms with E-state index in [1.54, 1.807) is 0 Å². The molecule has 0 aliphatic rings. The molecule has 9 heavy (non-hydrogen) atoms. The molecule has 56 valence electrons. The van der Waals surface area contributed by atoms with Crippen molar-refractivity contribution in [2.75, 3.05) is 6.35 Å². The highest BCUT2D eigenvalue weighted by atomic mass is 31.2. The van der Waals surface area contributed by atoms with Crippen molar-refractivity contribution >= 4 is 15.9 Å². The standard InChI is InChI=1S/CH6O6P2/c2-8(3)7-1-9(4,5)6/h8H,1H2,(H,2,3)(H2,4,5,6). The Labute approximate surface area is 51.6 Å². The molecule has 0 fully saturated rings.